The molecule has 0 aliphatic carbocycles. The van der Waals surface area contributed by atoms with Crippen molar-refractivity contribution in [2.24, 2.45) is 0 Å². The van der Waals surface area contributed by atoms with Crippen molar-refractivity contribution in [2.75, 3.05) is 5.73 Å². The van der Waals surface area contributed by atoms with Gasteiger partial charge < -0.3 is 5.73 Å². The Morgan fingerprint density at radius 1 is 1.31 bits per heavy atom. The number of aryl methyl sites for hydroxylation is 1. The lowest BCUT2D eigenvalue weighted by atomic mass is 10.2. The number of nitrogens with two attached hydrogens (primary N) is 1. The first-order valence-corrected chi connectivity index (χ1v) is 4.24. The smallest absolute Gasteiger partial charge is 0.135 e. The Labute approximate surface area is 80.6 Å². The van der Waals surface area contributed by atoms with Crippen molar-refractivity contribution in [3.05, 3.63) is 29.0 Å². The summed E-state index contributed by atoms with van der Waals surface area (Å²) in [4.78, 5) is 8.26. The van der Waals surface area contributed by atoms with E-state index in [0.29, 0.717) is 22.2 Å². The zero-order valence-electron chi connectivity index (χ0n) is 7.08. The molecule has 1 aromatic carbocycles. The molecule has 0 spiro atoms. The topological polar surface area (TPSA) is 51.8 Å². The molecule has 0 saturated heterocycles. The number of nitrogen functional groups attached to an aromatic ring is 1. The second-order valence-corrected chi connectivity index (χ2v) is 3.20. The number of benzene rings is 1. The Kier molecular flexibility index (Phi) is 1.81. The van der Waals surface area contributed by atoms with Crippen LogP contribution in [0.25, 0.3) is 10.9 Å². The van der Waals surface area contributed by atoms with Crippen molar-refractivity contribution >= 4 is 28.3 Å². The maximum Gasteiger partial charge on any atom is 0.135 e. The fourth-order valence-electron chi connectivity index (χ4n) is 1.26. The van der Waals surface area contributed by atoms with Gasteiger partial charge in [0.15, 0.2) is 0 Å². The maximum absolute atomic E-state index is 5.96. The second kappa shape index (κ2) is 2.85. The lowest BCUT2D eigenvalue weighted by Crippen LogP contribution is -1.97. The highest BCUT2D eigenvalue weighted by Crippen LogP contribution is 2.24. The molecule has 2 rings (SSSR count). The van der Waals surface area contributed by atoms with Gasteiger partial charge in [-0.1, -0.05) is 17.7 Å². The van der Waals surface area contributed by atoms with E-state index in [1.54, 1.807) is 13.0 Å². The van der Waals surface area contributed by atoms with Gasteiger partial charge in [-0.2, -0.15) is 0 Å². The number of anilines is 1. The van der Waals surface area contributed by atoms with Crippen LogP contribution in [-0.4, -0.2) is 9.97 Å². The summed E-state index contributed by atoms with van der Waals surface area (Å²) < 4.78 is 0. The van der Waals surface area contributed by atoms with Gasteiger partial charge in [0.2, 0.25) is 0 Å². The first-order chi connectivity index (χ1) is 6.18. The van der Waals surface area contributed by atoms with Crippen LogP contribution < -0.4 is 5.73 Å². The average molecular weight is 194 g/mol. The molecule has 0 fully saturated rings. The number of rotatable bonds is 0. The largest absolute Gasteiger partial charge is 0.383 e. The minimum absolute atomic E-state index is 0.477. The molecule has 4 heteroatoms. The normalized spacial score (nSPS) is 10.6. The van der Waals surface area contributed by atoms with Crippen molar-refractivity contribution in [3.63, 3.8) is 0 Å². The Morgan fingerprint density at radius 3 is 2.85 bits per heavy atom. The van der Waals surface area contributed by atoms with Crippen molar-refractivity contribution < 1.29 is 0 Å². The summed E-state index contributed by atoms with van der Waals surface area (Å²) in [6.07, 6.45) is 0. The van der Waals surface area contributed by atoms with Crippen LogP contribution in [0.4, 0.5) is 5.82 Å². The summed E-state index contributed by atoms with van der Waals surface area (Å²) >= 11 is 5.96. The Morgan fingerprint density at radius 2 is 2.08 bits per heavy atom. The van der Waals surface area contributed by atoms with E-state index in [4.69, 9.17) is 17.3 Å². The SMILES string of the molecule is Cc1nc(N)c2cccc(Cl)c2n1. The van der Waals surface area contributed by atoms with Gasteiger partial charge in [-0.15, -0.1) is 0 Å². The summed E-state index contributed by atoms with van der Waals surface area (Å²) in [7, 11) is 0. The number of hydrogen-bond acceptors (Lipinski definition) is 3. The molecule has 2 aromatic rings. The predicted molar refractivity (Wildman–Crippen MR) is 53.7 cm³/mol. The van der Waals surface area contributed by atoms with Gasteiger partial charge in [0.1, 0.15) is 11.6 Å². The molecule has 0 unspecified atom stereocenters. The molecule has 2 N–H and O–H groups in total. The van der Waals surface area contributed by atoms with Crippen LogP contribution in [0.1, 0.15) is 5.82 Å². The fourth-order valence-corrected chi connectivity index (χ4v) is 1.47. The first-order valence-electron chi connectivity index (χ1n) is 3.87. The van der Waals surface area contributed by atoms with E-state index in [2.05, 4.69) is 9.97 Å². The van der Waals surface area contributed by atoms with E-state index in [-0.39, 0.29) is 0 Å². The van der Waals surface area contributed by atoms with Crippen LogP contribution in [0.2, 0.25) is 5.02 Å². The van der Waals surface area contributed by atoms with Crippen LogP contribution in [0, 0.1) is 6.92 Å². The number of halogens is 1. The van der Waals surface area contributed by atoms with Gasteiger partial charge >= 0.3 is 0 Å². The minimum atomic E-state index is 0.477. The maximum atomic E-state index is 5.96. The molecule has 0 radical (unpaired) electrons. The zero-order chi connectivity index (χ0) is 9.42. The summed E-state index contributed by atoms with van der Waals surface area (Å²) in [5.74, 6) is 1.11. The number of fused-ring (bicyclic) bond motifs is 1. The molecular weight excluding hydrogens is 186 g/mol. The first kappa shape index (κ1) is 8.26. The average Bonchev–Trinajstić information content (AvgIpc) is 2.07. The molecule has 1 aromatic heterocycles. The van der Waals surface area contributed by atoms with Gasteiger partial charge in [0, 0.05) is 5.39 Å². The molecule has 0 atom stereocenters. The van der Waals surface area contributed by atoms with Gasteiger partial charge in [-0.25, -0.2) is 9.97 Å². The third-order valence-electron chi connectivity index (χ3n) is 1.82. The highest BCUT2D eigenvalue weighted by atomic mass is 35.5. The van der Waals surface area contributed by atoms with Crippen molar-refractivity contribution in [2.45, 2.75) is 6.92 Å². The quantitative estimate of drug-likeness (QED) is 0.698. The molecule has 0 saturated carbocycles. The molecule has 0 amide bonds. The lowest BCUT2D eigenvalue weighted by Gasteiger charge is -2.02. The van der Waals surface area contributed by atoms with Gasteiger partial charge in [0.25, 0.3) is 0 Å². The fraction of sp³-hybridized carbons (Fsp3) is 0.111. The van der Waals surface area contributed by atoms with Crippen molar-refractivity contribution in [3.8, 4) is 0 Å². The van der Waals surface area contributed by atoms with Crippen LogP contribution in [0.15, 0.2) is 18.2 Å². The third-order valence-corrected chi connectivity index (χ3v) is 2.12. The third kappa shape index (κ3) is 1.31. The number of aromatic nitrogens is 2. The number of nitrogens with zero attached hydrogens (tertiary/aromatic N) is 2. The van der Waals surface area contributed by atoms with Crippen LogP contribution in [0.3, 0.4) is 0 Å². The van der Waals surface area contributed by atoms with Crippen molar-refractivity contribution in [1.82, 2.24) is 9.97 Å². The van der Waals surface area contributed by atoms with Gasteiger partial charge in [-0.3, -0.25) is 0 Å². The summed E-state index contributed by atoms with van der Waals surface area (Å²) in [6, 6.07) is 5.48. The van der Waals surface area contributed by atoms with E-state index in [1.165, 1.54) is 0 Å². The van der Waals surface area contributed by atoms with Crippen molar-refractivity contribution in [1.29, 1.82) is 0 Å². The molecule has 0 aliphatic heterocycles. The molecule has 0 bridgehead atoms. The van der Waals surface area contributed by atoms with Crippen LogP contribution in [-0.2, 0) is 0 Å². The van der Waals surface area contributed by atoms with Gasteiger partial charge in [-0.05, 0) is 19.1 Å². The van der Waals surface area contributed by atoms with E-state index in [9.17, 15) is 0 Å². The van der Waals surface area contributed by atoms with Crippen LogP contribution >= 0.6 is 11.6 Å². The Bertz CT molecular complexity index is 468. The van der Waals surface area contributed by atoms with Gasteiger partial charge in [0.05, 0.1) is 10.5 Å². The Hall–Kier alpha value is -1.35. The predicted octanol–water partition coefficient (Wildman–Crippen LogP) is 2.17. The highest BCUT2D eigenvalue weighted by Gasteiger charge is 2.04. The summed E-state index contributed by atoms with van der Waals surface area (Å²) in [6.45, 7) is 1.79. The summed E-state index contributed by atoms with van der Waals surface area (Å²) in [5, 5.41) is 1.41. The minimum Gasteiger partial charge on any atom is -0.383 e. The Balaban J connectivity index is 2.94. The van der Waals surface area contributed by atoms with Crippen LogP contribution in [0.5, 0.6) is 0 Å². The van der Waals surface area contributed by atoms with E-state index >= 15 is 0 Å². The second-order valence-electron chi connectivity index (χ2n) is 2.79. The summed E-state index contributed by atoms with van der Waals surface area (Å²) in [5.41, 5.74) is 6.43. The monoisotopic (exact) mass is 193 g/mol. The van der Waals surface area contributed by atoms with E-state index in [1.807, 2.05) is 12.1 Å². The molecule has 13 heavy (non-hydrogen) atoms. The molecule has 0 aliphatic rings. The lowest BCUT2D eigenvalue weighted by molar-refractivity contribution is 1.10. The molecule has 1 heterocycles. The number of hydrogen-bond donors (Lipinski definition) is 1. The van der Waals surface area contributed by atoms with E-state index in [0.717, 1.165) is 5.39 Å². The highest BCUT2D eigenvalue weighted by molar-refractivity contribution is 6.35. The van der Waals surface area contributed by atoms with E-state index < -0.39 is 0 Å². The molecule has 3 nitrogen and oxygen atoms in total. The standard InChI is InChI=1S/C9H8ClN3/c1-5-12-8-6(9(11)13-5)3-2-4-7(8)10/h2-4H,1H3,(H2,11,12,13). The number of para-hydroxylation sites is 1. The molecule has 66 valence electrons. The molecular formula is C9H8ClN3. The zero-order valence-corrected chi connectivity index (χ0v) is 7.84.